The predicted octanol–water partition coefficient (Wildman–Crippen LogP) is 12.4. The second-order valence-electron chi connectivity index (χ2n) is 12.9. The van der Waals surface area contributed by atoms with Crippen molar-refractivity contribution >= 4 is 19.8 Å². The Hall–Kier alpha value is -3.29. The lowest BCUT2D eigenvalue weighted by atomic mass is 10.1. The fourth-order valence-electron chi connectivity index (χ4n) is 4.90. The third-order valence-corrected chi connectivity index (χ3v) is 8.33. The van der Waals surface area contributed by atoms with Crippen molar-refractivity contribution in [3.63, 3.8) is 0 Å². The van der Waals surface area contributed by atoms with Gasteiger partial charge in [-0.2, -0.15) is 0 Å². The van der Waals surface area contributed by atoms with Gasteiger partial charge in [0.05, 0.1) is 6.61 Å². The molecule has 0 amide bonds. The van der Waals surface area contributed by atoms with Gasteiger partial charge in [0.15, 0.2) is 6.10 Å². The molecule has 0 bridgehead atoms. The van der Waals surface area contributed by atoms with Gasteiger partial charge in [0.1, 0.15) is 6.61 Å². The molecule has 2 N–H and O–H groups in total. The fourth-order valence-corrected chi connectivity index (χ4v) is 5.26. The molecular formula is C45H71O8P. The number of carbonyl (C=O) groups is 2. The number of rotatable bonds is 35. The SMILES string of the molecule is CC/C=C/C=C/C=C/CCCCCCCC(=O)OC(COC(=O)CCCCCC/C=C/C/C=C/C/C=C/C/C=C/C/C=C/C/C=C/CC)COP(=O)(O)O. The van der Waals surface area contributed by atoms with Gasteiger partial charge in [-0.3, -0.25) is 14.1 Å². The molecule has 0 spiro atoms. The van der Waals surface area contributed by atoms with Crippen molar-refractivity contribution in [2.75, 3.05) is 13.2 Å². The Labute approximate surface area is 327 Å². The Morgan fingerprint density at radius 3 is 1.44 bits per heavy atom. The topological polar surface area (TPSA) is 119 Å². The van der Waals surface area contributed by atoms with Gasteiger partial charge in [-0.15, -0.1) is 0 Å². The normalized spacial score (nSPS) is 13.6. The van der Waals surface area contributed by atoms with E-state index in [1.165, 1.54) is 0 Å². The highest BCUT2D eigenvalue weighted by atomic mass is 31.2. The highest BCUT2D eigenvalue weighted by molar-refractivity contribution is 7.46. The standard InChI is InChI=1S/C45H71O8P/c1-3-5-7-9-11-13-15-17-18-19-20-21-22-23-24-25-26-28-29-31-33-35-37-39-44(46)51-41-43(42-52-54(48,49)50)53-45(47)40-38-36-34-32-30-27-16-14-12-10-8-6-4-2/h5-8,10-14,16-18,20-21,23-24,26,28,43H,3-4,9,15,19,22,25,27,29-42H2,1-2H3,(H2,48,49,50)/b7-5+,8-6+,12-10+,13-11+,16-14+,18-17+,21-20+,24-23+,28-26+. The van der Waals surface area contributed by atoms with Crippen LogP contribution in [0.25, 0.3) is 0 Å². The summed E-state index contributed by atoms with van der Waals surface area (Å²) in [6, 6.07) is 0. The van der Waals surface area contributed by atoms with Crippen LogP contribution in [0.15, 0.2) is 109 Å². The second kappa shape index (κ2) is 39.4. The molecule has 1 atom stereocenters. The third-order valence-electron chi connectivity index (χ3n) is 7.85. The fraction of sp³-hybridized carbons (Fsp3) is 0.556. The van der Waals surface area contributed by atoms with Gasteiger partial charge in [0.2, 0.25) is 0 Å². The Balaban J connectivity index is 4.03. The summed E-state index contributed by atoms with van der Waals surface area (Å²) >= 11 is 0. The highest BCUT2D eigenvalue weighted by Crippen LogP contribution is 2.36. The van der Waals surface area contributed by atoms with Crippen LogP contribution < -0.4 is 0 Å². The van der Waals surface area contributed by atoms with E-state index in [0.29, 0.717) is 12.8 Å². The lowest BCUT2D eigenvalue weighted by Gasteiger charge is -2.18. The summed E-state index contributed by atoms with van der Waals surface area (Å²) in [6.45, 7) is 3.37. The average molecular weight is 771 g/mol. The van der Waals surface area contributed by atoms with Crippen molar-refractivity contribution in [1.82, 2.24) is 0 Å². The van der Waals surface area contributed by atoms with Crippen LogP contribution in [0.1, 0.15) is 142 Å². The molecule has 0 rings (SSSR count). The maximum absolute atomic E-state index is 12.4. The van der Waals surface area contributed by atoms with Crippen LogP contribution in [0, 0.1) is 0 Å². The molecule has 0 aliphatic heterocycles. The van der Waals surface area contributed by atoms with Gasteiger partial charge in [-0.25, -0.2) is 4.57 Å². The monoisotopic (exact) mass is 770 g/mol. The largest absolute Gasteiger partial charge is 0.469 e. The number of phosphoric acid groups is 1. The van der Waals surface area contributed by atoms with Crippen LogP contribution in [0.5, 0.6) is 0 Å². The predicted molar refractivity (Wildman–Crippen MR) is 225 cm³/mol. The molecule has 0 fully saturated rings. The smallest absolute Gasteiger partial charge is 0.462 e. The average Bonchev–Trinajstić information content (AvgIpc) is 3.14. The second-order valence-corrected chi connectivity index (χ2v) is 14.1. The van der Waals surface area contributed by atoms with E-state index >= 15 is 0 Å². The number of allylic oxidation sites excluding steroid dienone is 18. The van der Waals surface area contributed by atoms with Gasteiger partial charge in [0, 0.05) is 12.8 Å². The van der Waals surface area contributed by atoms with Crippen LogP contribution in [0.4, 0.5) is 0 Å². The van der Waals surface area contributed by atoms with Gasteiger partial charge in [-0.05, 0) is 83.5 Å². The minimum absolute atomic E-state index is 0.175. The zero-order valence-corrected chi connectivity index (χ0v) is 34.2. The van der Waals surface area contributed by atoms with Crippen LogP contribution >= 0.6 is 7.82 Å². The molecule has 54 heavy (non-hydrogen) atoms. The first-order chi connectivity index (χ1) is 26.3. The molecule has 0 heterocycles. The summed E-state index contributed by atoms with van der Waals surface area (Å²) in [7, 11) is -4.77. The lowest BCUT2D eigenvalue weighted by molar-refractivity contribution is -0.161. The molecule has 0 aliphatic rings. The molecule has 304 valence electrons. The summed E-state index contributed by atoms with van der Waals surface area (Å²) in [5.74, 6) is -0.951. The van der Waals surface area contributed by atoms with Crippen molar-refractivity contribution in [2.45, 2.75) is 148 Å². The van der Waals surface area contributed by atoms with Crippen LogP contribution in [0.3, 0.4) is 0 Å². The van der Waals surface area contributed by atoms with Gasteiger partial charge in [0.25, 0.3) is 0 Å². The van der Waals surface area contributed by atoms with E-state index in [4.69, 9.17) is 19.3 Å². The number of esters is 2. The summed E-state index contributed by atoms with van der Waals surface area (Å²) in [5.41, 5.74) is 0. The summed E-state index contributed by atoms with van der Waals surface area (Å²) < 4.78 is 26.3. The minimum Gasteiger partial charge on any atom is -0.462 e. The Kier molecular flexibility index (Phi) is 37.0. The molecular weight excluding hydrogens is 699 g/mol. The summed E-state index contributed by atoms with van der Waals surface area (Å²) in [5, 5.41) is 0. The van der Waals surface area contributed by atoms with Crippen molar-refractivity contribution in [2.24, 2.45) is 0 Å². The molecule has 8 nitrogen and oxygen atoms in total. The van der Waals surface area contributed by atoms with E-state index in [1.54, 1.807) is 0 Å². The number of unbranched alkanes of at least 4 members (excludes halogenated alkanes) is 9. The molecule has 0 radical (unpaired) electrons. The number of carbonyl (C=O) groups excluding carboxylic acids is 2. The molecule has 9 heteroatoms. The van der Waals surface area contributed by atoms with Crippen LogP contribution in [0.2, 0.25) is 0 Å². The lowest BCUT2D eigenvalue weighted by Crippen LogP contribution is -2.29. The highest BCUT2D eigenvalue weighted by Gasteiger charge is 2.22. The molecule has 0 aromatic carbocycles. The van der Waals surface area contributed by atoms with Gasteiger partial charge < -0.3 is 19.3 Å². The van der Waals surface area contributed by atoms with E-state index in [1.807, 2.05) is 18.2 Å². The van der Waals surface area contributed by atoms with Crippen molar-refractivity contribution in [3.05, 3.63) is 109 Å². The molecule has 1 unspecified atom stereocenters. The Morgan fingerprint density at radius 2 is 0.926 bits per heavy atom. The van der Waals surface area contributed by atoms with E-state index < -0.39 is 32.5 Å². The first-order valence-electron chi connectivity index (χ1n) is 20.2. The summed E-state index contributed by atoms with van der Waals surface area (Å²) in [6.07, 6.45) is 55.2. The van der Waals surface area contributed by atoms with Crippen molar-refractivity contribution in [1.29, 1.82) is 0 Å². The van der Waals surface area contributed by atoms with E-state index in [2.05, 4.69) is 110 Å². The van der Waals surface area contributed by atoms with E-state index in [-0.39, 0.29) is 19.4 Å². The minimum atomic E-state index is -4.77. The van der Waals surface area contributed by atoms with Crippen molar-refractivity contribution < 1.29 is 37.9 Å². The van der Waals surface area contributed by atoms with Crippen LogP contribution in [-0.2, 0) is 28.2 Å². The maximum atomic E-state index is 12.4. The van der Waals surface area contributed by atoms with Crippen LogP contribution in [-0.4, -0.2) is 41.0 Å². The van der Waals surface area contributed by atoms with Gasteiger partial charge >= 0.3 is 19.8 Å². The molecule has 0 aliphatic carbocycles. The summed E-state index contributed by atoms with van der Waals surface area (Å²) in [4.78, 5) is 42.8. The molecule has 0 aromatic rings. The van der Waals surface area contributed by atoms with Crippen molar-refractivity contribution in [3.8, 4) is 0 Å². The molecule has 0 saturated heterocycles. The number of ether oxygens (including phenoxy) is 2. The zero-order valence-electron chi connectivity index (χ0n) is 33.3. The molecule has 0 aromatic heterocycles. The number of hydrogen-bond acceptors (Lipinski definition) is 6. The van der Waals surface area contributed by atoms with E-state index in [9.17, 15) is 14.2 Å². The quantitative estimate of drug-likeness (QED) is 0.0215. The maximum Gasteiger partial charge on any atom is 0.469 e. The van der Waals surface area contributed by atoms with E-state index in [0.717, 1.165) is 103 Å². The first-order valence-corrected chi connectivity index (χ1v) is 21.7. The zero-order chi connectivity index (χ0) is 39.6. The molecule has 0 saturated carbocycles. The van der Waals surface area contributed by atoms with Gasteiger partial charge in [-0.1, -0.05) is 155 Å². The number of hydrogen-bond donors (Lipinski definition) is 2. The first kappa shape index (κ1) is 50.7. The Bertz CT molecular complexity index is 1230. The number of phosphoric ester groups is 1. The Morgan fingerprint density at radius 1 is 0.500 bits per heavy atom. The third kappa shape index (κ3) is 41.5.